The van der Waals surface area contributed by atoms with Crippen molar-refractivity contribution in [3.8, 4) is 5.75 Å². The van der Waals surface area contributed by atoms with E-state index >= 15 is 0 Å². The molecular formula is C22H23N3O6S. The summed E-state index contributed by atoms with van der Waals surface area (Å²) in [5, 5.41) is 22.0. The van der Waals surface area contributed by atoms with Crippen molar-refractivity contribution in [1.82, 2.24) is 4.57 Å². The number of hydrogen-bond donors (Lipinski definition) is 3. The normalized spacial score (nSPS) is 13.7. The fourth-order valence-electron chi connectivity index (χ4n) is 3.15. The van der Waals surface area contributed by atoms with E-state index < -0.39 is 16.0 Å². The molecule has 2 aromatic carbocycles. The quantitative estimate of drug-likeness (QED) is 0.546. The lowest BCUT2D eigenvalue weighted by atomic mass is 10.1. The molecular weight excluding hydrogens is 434 g/mol. The zero-order valence-electron chi connectivity index (χ0n) is 17.5. The number of aromatic hydroxyl groups is 1. The number of carboxylic acid groups (broad SMARTS) is 1. The number of anilines is 1. The molecule has 4 rings (SSSR count). The number of fused-ring (bicyclic) bond motifs is 2. The number of rotatable bonds is 4. The third-order valence-electron chi connectivity index (χ3n) is 4.84. The fourth-order valence-corrected chi connectivity index (χ4v) is 4.11. The average molecular weight is 458 g/mol. The Kier molecular flexibility index (Phi) is 6.64. The maximum atomic E-state index is 12.0. The van der Waals surface area contributed by atoms with Crippen LogP contribution in [-0.4, -0.2) is 35.5 Å². The Balaban J connectivity index is 0.000000204. The number of pyridine rings is 1. The summed E-state index contributed by atoms with van der Waals surface area (Å²) in [6, 6.07) is 12.2. The maximum Gasteiger partial charge on any atom is 0.335 e. The van der Waals surface area contributed by atoms with Gasteiger partial charge in [-0.15, -0.1) is 4.40 Å². The van der Waals surface area contributed by atoms with E-state index in [9.17, 15) is 23.1 Å². The molecule has 0 amide bonds. The number of aromatic nitrogens is 1. The van der Waals surface area contributed by atoms with Crippen molar-refractivity contribution in [2.24, 2.45) is 10.3 Å². The standard InChI is InChI=1S/C15H17NO4.C7H6N2O2S/c1-9(2)5-6-16-12-4-3-10(15(19)20)7-11(12)13(17)8-14(16)18;10-12(11)7-4-2-1-3-6(7)8-5-9-12/h3-4,7-9,17H,5-6H2,1-2H3,(H,19,20);1-5H,(H,8,9). The van der Waals surface area contributed by atoms with Gasteiger partial charge < -0.3 is 20.1 Å². The van der Waals surface area contributed by atoms with Crippen molar-refractivity contribution < 1.29 is 23.4 Å². The SMILES string of the molecule is CC(C)CCn1c(=O)cc(O)c2cc(C(=O)O)ccc21.O=S1(=O)N=CNc2ccccc21. The van der Waals surface area contributed by atoms with Crippen molar-refractivity contribution in [2.75, 3.05) is 5.32 Å². The third kappa shape index (κ3) is 4.97. The topological polar surface area (TPSA) is 138 Å². The summed E-state index contributed by atoms with van der Waals surface area (Å²) >= 11 is 0. The summed E-state index contributed by atoms with van der Waals surface area (Å²) in [5.41, 5.74) is 0.939. The van der Waals surface area contributed by atoms with Gasteiger partial charge in [0.2, 0.25) is 0 Å². The molecule has 10 heteroatoms. The number of benzene rings is 2. The molecule has 0 saturated carbocycles. The molecule has 2 heterocycles. The van der Waals surface area contributed by atoms with Gasteiger partial charge >= 0.3 is 5.97 Å². The van der Waals surface area contributed by atoms with Crippen molar-refractivity contribution in [3.05, 3.63) is 64.4 Å². The van der Waals surface area contributed by atoms with Gasteiger partial charge in [0.25, 0.3) is 15.6 Å². The van der Waals surface area contributed by atoms with Crippen molar-refractivity contribution in [3.63, 3.8) is 0 Å². The molecule has 0 bridgehead atoms. The molecule has 168 valence electrons. The van der Waals surface area contributed by atoms with Gasteiger partial charge in [0.15, 0.2) is 0 Å². The summed E-state index contributed by atoms with van der Waals surface area (Å²) < 4.78 is 27.4. The van der Waals surface area contributed by atoms with Crippen molar-refractivity contribution in [1.29, 1.82) is 0 Å². The molecule has 1 aromatic heterocycles. The maximum absolute atomic E-state index is 12.0. The molecule has 9 nitrogen and oxygen atoms in total. The van der Waals surface area contributed by atoms with Crippen LogP contribution >= 0.6 is 0 Å². The Morgan fingerprint density at radius 3 is 2.53 bits per heavy atom. The number of aromatic carboxylic acids is 1. The first kappa shape index (κ1) is 23.0. The second-order valence-corrected chi connectivity index (χ2v) is 9.19. The lowest BCUT2D eigenvalue weighted by Crippen LogP contribution is -2.20. The van der Waals surface area contributed by atoms with E-state index in [1.165, 1.54) is 24.5 Å². The van der Waals surface area contributed by atoms with Crippen LogP contribution in [0, 0.1) is 5.92 Å². The Morgan fingerprint density at radius 2 is 1.88 bits per heavy atom. The fraction of sp³-hybridized carbons (Fsp3) is 0.227. The summed E-state index contributed by atoms with van der Waals surface area (Å²) in [4.78, 5) is 23.2. The third-order valence-corrected chi connectivity index (χ3v) is 6.14. The molecule has 3 N–H and O–H groups in total. The van der Waals surface area contributed by atoms with Crippen LogP contribution in [0.5, 0.6) is 5.75 Å². The highest BCUT2D eigenvalue weighted by molar-refractivity contribution is 7.90. The molecule has 1 aliphatic heterocycles. The Hall–Kier alpha value is -3.66. The number of sulfonamides is 1. The van der Waals surface area contributed by atoms with Gasteiger partial charge in [-0.3, -0.25) is 4.79 Å². The number of carboxylic acids is 1. The average Bonchev–Trinajstić information content (AvgIpc) is 2.73. The summed E-state index contributed by atoms with van der Waals surface area (Å²) in [5.74, 6) is -0.802. The monoisotopic (exact) mass is 457 g/mol. The zero-order valence-corrected chi connectivity index (χ0v) is 18.3. The van der Waals surface area contributed by atoms with Gasteiger partial charge in [-0.25, -0.2) is 4.79 Å². The molecule has 32 heavy (non-hydrogen) atoms. The first-order chi connectivity index (χ1) is 15.1. The predicted octanol–water partition coefficient (Wildman–Crippen LogP) is 3.28. The Labute approximate surface area is 184 Å². The van der Waals surface area contributed by atoms with E-state index in [1.807, 2.05) is 0 Å². The van der Waals surface area contributed by atoms with Gasteiger partial charge in [0.05, 0.1) is 16.8 Å². The summed E-state index contributed by atoms with van der Waals surface area (Å²) in [6.07, 6.45) is 2.01. The molecule has 0 spiro atoms. The van der Waals surface area contributed by atoms with Crippen LogP contribution in [0.15, 0.2) is 62.6 Å². The first-order valence-corrected chi connectivity index (χ1v) is 11.3. The minimum atomic E-state index is -3.44. The molecule has 0 aliphatic carbocycles. The van der Waals surface area contributed by atoms with Gasteiger partial charge in [-0.05, 0) is 42.7 Å². The lowest BCUT2D eigenvalue weighted by Gasteiger charge is -2.13. The van der Waals surface area contributed by atoms with E-state index in [0.29, 0.717) is 29.1 Å². The van der Waals surface area contributed by atoms with Crippen molar-refractivity contribution >= 4 is 38.9 Å². The number of aryl methyl sites for hydroxylation is 1. The van der Waals surface area contributed by atoms with E-state index in [0.717, 1.165) is 12.5 Å². The van der Waals surface area contributed by atoms with Crippen molar-refractivity contribution in [2.45, 2.75) is 31.7 Å². The minimum absolute atomic E-state index is 0.0851. The van der Waals surface area contributed by atoms with E-state index in [2.05, 4.69) is 23.6 Å². The molecule has 0 saturated heterocycles. The molecule has 1 aliphatic rings. The van der Waals surface area contributed by atoms with Gasteiger partial charge in [-0.2, -0.15) is 8.42 Å². The molecule has 0 atom stereocenters. The molecule has 3 aromatic rings. The number of nitrogens with zero attached hydrogens (tertiary/aromatic N) is 2. The zero-order chi connectivity index (χ0) is 23.5. The van der Waals surface area contributed by atoms with Crippen LogP contribution in [0.1, 0.15) is 30.6 Å². The summed E-state index contributed by atoms with van der Waals surface area (Å²) in [6.45, 7) is 4.67. The van der Waals surface area contributed by atoms with Gasteiger partial charge in [0.1, 0.15) is 17.0 Å². The van der Waals surface area contributed by atoms with E-state index in [1.54, 1.807) is 28.8 Å². The molecule has 0 radical (unpaired) electrons. The summed E-state index contributed by atoms with van der Waals surface area (Å²) in [7, 11) is -3.44. The minimum Gasteiger partial charge on any atom is -0.507 e. The number of para-hydroxylation sites is 1. The van der Waals surface area contributed by atoms with E-state index in [4.69, 9.17) is 5.11 Å². The van der Waals surface area contributed by atoms with Crippen LogP contribution in [0.4, 0.5) is 5.69 Å². The molecule has 0 unspecified atom stereocenters. The second kappa shape index (κ2) is 9.23. The van der Waals surface area contributed by atoms with Crippen LogP contribution in [-0.2, 0) is 16.6 Å². The van der Waals surface area contributed by atoms with Crippen LogP contribution in [0.2, 0.25) is 0 Å². The highest BCUT2D eigenvalue weighted by atomic mass is 32.2. The highest BCUT2D eigenvalue weighted by Crippen LogP contribution is 2.25. The van der Waals surface area contributed by atoms with Gasteiger partial charge in [-0.1, -0.05) is 26.0 Å². The van der Waals surface area contributed by atoms with Crippen LogP contribution < -0.4 is 10.9 Å². The van der Waals surface area contributed by atoms with Gasteiger partial charge in [0, 0.05) is 18.0 Å². The predicted molar refractivity (Wildman–Crippen MR) is 122 cm³/mol. The number of carbonyl (C=O) groups is 1. The number of hydrogen-bond acceptors (Lipinski definition) is 6. The lowest BCUT2D eigenvalue weighted by molar-refractivity contribution is 0.0697. The van der Waals surface area contributed by atoms with E-state index in [-0.39, 0.29) is 21.8 Å². The Morgan fingerprint density at radius 1 is 1.16 bits per heavy atom. The second-order valence-electron chi connectivity index (χ2n) is 7.59. The largest absolute Gasteiger partial charge is 0.507 e. The van der Waals surface area contributed by atoms with Crippen LogP contribution in [0.3, 0.4) is 0 Å². The number of nitrogens with one attached hydrogen (secondary N) is 1. The first-order valence-electron chi connectivity index (χ1n) is 9.84. The Bertz CT molecular complexity index is 1360. The molecule has 0 fully saturated rings. The highest BCUT2D eigenvalue weighted by Gasteiger charge is 2.19. The smallest absolute Gasteiger partial charge is 0.335 e. The van der Waals surface area contributed by atoms with Crippen LogP contribution in [0.25, 0.3) is 10.9 Å².